The van der Waals surface area contributed by atoms with Crippen molar-refractivity contribution in [1.82, 2.24) is 4.98 Å². The highest BCUT2D eigenvalue weighted by molar-refractivity contribution is 7.92. The summed E-state index contributed by atoms with van der Waals surface area (Å²) in [5.41, 5.74) is -4.76. The predicted molar refractivity (Wildman–Crippen MR) is 143 cm³/mol. The Morgan fingerprint density at radius 2 is 1.81 bits per heavy atom. The minimum Gasteiger partial charge on any atom is -0.496 e. The number of carbonyl (C=O) groups is 1. The van der Waals surface area contributed by atoms with Crippen molar-refractivity contribution >= 4 is 33.8 Å². The summed E-state index contributed by atoms with van der Waals surface area (Å²) < 4.78 is 110. The van der Waals surface area contributed by atoms with Crippen molar-refractivity contribution in [2.75, 3.05) is 25.2 Å². The quantitative estimate of drug-likeness (QED) is 0.346. The molecule has 0 bridgehead atoms. The van der Waals surface area contributed by atoms with E-state index in [1.165, 1.54) is 54.7 Å². The minimum atomic E-state index is -3.70. The summed E-state index contributed by atoms with van der Waals surface area (Å²) in [4.78, 5) is 27.8. The van der Waals surface area contributed by atoms with E-state index in [1.54, 1.807) is 0 Å². The van der Waals surface area contributed by atoms with Gasteiger partial charge in [0.25, 0.3) is 5.56 Å². The first-order chi connectivity index (χ1) is 20.6. The summed E-state index contributed by atoms with van der Waals surface area (Å²) in [5, 5.41) is 0. The van der Waals surface area contributed by atoms with Crippen LogP contribution in [-0.2, 0) is 20.2 Å². The fourth-order valence-corrected chi connectivity index (χ4v) is 4.09. The molecule has 0 fully saturated rings. The van der Waals surface area contributed by atoms with E-state index in [0.29, 0.717) is 0 Å². The molecule has 0 atom stereocenters. The second-order valence-electron chi connectivity index (χ2n) is 7.81. The summed E-state index contributed by atoms with van der Waals surface area (Å²) in [6.07, 6.45) is 4.91. The highest BCUT2D eigenvalue weighted by Crippen LogP contribution is 2.38. The zero-order valence-electron chi connectivity index (χ0n) is 28.6. The zero-order chi connectivity index (χ0) is 34.2. The lowest BCUT2D eigenvalue weighted by atomic mass is 9.83. The van der Waals surface area contributed by atoms with Crippen molar-refractivity contribution in [2.45, 2.75) is 26.0 Å². The summed E-state index contributed by atoms with van der Waals surface area (Å²) in [7, 11) is -1.49. The lowest BCUT2D eigenvalue weighted by molar-refractivity contribution is 0.0600. The second kappa shape index (κ2) is 10.4. The highest BCUT2D eigenvalue weighted by Gasteiger charge is 2.23. The third-order valence-electron chi connectivity index (χ3n) is 5.06. The number of anilines is 1. The molecule has 1 heterocycles. The highest BCUT2D eigenvalue weighted by atomic mass is 32.2. The van der Waals surface area contributed by atoms with Gasteiger partial charge in [0.2, 0.25) is 10.0 Å². The van der Waals surface area contributed by atoms with Crippen LogP contribution in [0.15, 0.2) is 53.5 Å². The molecule has 0 saturated heterocycles. The van der Waals surface area contributed by atoms with Crippen LogP contribution in [0.2, 0.25) is 0 Å². The Balaban J connectivity index is 2.48. The Morgan fingerprint density at radius 1 is 1.08 bits per heavy atom. The van der Waals surface area contributed by atoms with Crippen molar-refractivity contribution in [2.24, 2.45) is 0 Å². The van der Waals surface area contributed by atoms with Gasteiger partial charge in [0.15, 0.2) is 0 Å². The van der Waals surface area contributed by atoms with Crippen molar-refractivity contribution in [1.29, 1.82) is 0 Å². The van der Waals surface area contributed by atoms with Gasteiger partial charge in [-0.1, -0.05) is 38.8 Å². The molecule has 9 heteroatoms. The van der Waals surface area contributed by atoms with Gasteiger partial charge in [-0.05, 0) is 52.9 Å². The Labute approximate surface area is 223 Å². The number of aromatic amines is 1. The third kappa shape index (κ3) is 6.23. The van der Waals surface area contributed by atoms with Crippen LogP contribution in [0.3, 0.4) is 0 Å². The molecule has 0 radical (unpaired) electrons. The van der Waals surface area contributed by atoms with Gasteiger partial charge in [0.05, 0.1) is 26.0 Å². The second-order valence-corrected chi connectivity index (χ2v) is 9.56. The topological polar surface area (TPSA) is 115 Å². The number of hydrogen-bond donors (Lipinski definition) is 2. The maximum atomic E-state index is 12.8. The van der Waals surface area contributed by atoms with Gasteiger partial charge < -0.3 is 14.5 Å². The van der Waals surface area contributed by atoms with Gasteiger partial charge in [-0.3, -0.25) is 9.52 Å². The lowest BCUT2D eigenvalue weighted by Crippen LogP contribution is -2.15. The Kier molecular flexibility index (Phi) is 4.85. The molecule has 0 saturated carbocycles. The molecule has 0 amide bonds. The number of benzene rings is 2. The van der Waals surface area contributed by atoms with Crippen LogP contribution in [0.1, 0.15) is 59.9 Å². The molecule has 2 N–H and O–H groups in total. The van der Waals surface area contributed by atoms with Crippen molar-refractivity contribution in [3.63, 3.8) is 0 Å². The Bertz CT molecular complexity index is 1760. The number of esters is 1. The van der Waals surface area contributed by atoms with E-state index in [1.807, 2.05) is 0 Å². The van der Waals surface area contributed by atoms with Crippen molar-refractivity contribution in [3.05, 3.63) is 81.3 Å². The van der Waals surface area contributed by atoms with E-state index >= 15 is 0 Å². The Hall–Kier alpha value is -3.85. The van der Waals surface area contributed by atoms with Crippen molar-refractivity contribution in [3.8, 4) is 16.9 Å². The molecule has 8 nitrogen and oxygen atoms in total. The molecule has 2 aromatic carbocycles. The monoisotopic (exact) mass is 519 g/mol. The van der Waals surface area contributed by atoms with Gasteiger partial charge in [0.1, 0.15) is 5.75 Å². The predicted octanol–water partition coefficient (Wildman–Crippen LogP) is 4.68. The van der Waals surface area contributed by atoms with E-state index in [-0.39, 0.29) is 33.5 Å². The standard InChI is InChI=1S/C27H30N2O6S/c1-27(2,3)23-15-19(21-8-7-13-28-25(21)30)14-18(24(23)34-4)10-9-17-11-12-20(29-36(6,32)33)16-22(17)26(31)35-5/h7-16,29H,1-6H3,(H,28,30)/i1D3,2D3,3D3. The average molecular weight is 520 g/mol. The first-order valence-corrected chi connectivity index (χ1v) is 12.3. The number of H-pyrrole nitrogens is 1. The SMILES string of the molecule is [2H]C([2H])([2H])C(c1cc(-c2ccc[nH]c2=O)cc(C=Cc2ccc(NS(C)(=O)=O)cc2C(=O)OC)c1OC)(C([2H])([2H])[2H])C([2H])([2H])[2H]. The molecule has 0 unspecified atom stereocenters. The Morgan fingerprint density at radius 3 is 2.42 bits per heavy atom. The molecule has 1 aromatic heterocycles. The first-order valence-electron chi connectivity index (χ1n) is 14.9. The molecule has 0 aliphatic carbocycles. The van der Waals surface area contributed by atoms with Crippen molar-refractivity contribution < 1.29 is 35.0 Å². The molecule has 3 aromatic rings. The van der Waals surface area contributed by atoms with E-state index in [2.05, 4.69) is 9.71 Å². The molecule has 0 aliphatic heterocycles. The van der Waals surface area contributed by atoms with Gasteiger partial charge in [-0.25, -0.2) is 13.2 Å². The summed E-state index contributed by atoms with van der Waals surface area (Å²) in [5.74, 6) is -1.25. The number of carbonyl (C=O) groups excluding carboxylic acids is 1. The molecule has 36 heavy (non-hydrogen) atoms. The van der Waals surface area contributed by atoms with Crippen LogP contribution in [0, 0.1) is 0 Å². The van der Waals surface area contributed by atoms with Gasteiger partial charge in [0, 0.05) is 40.9 Å². The van der Waals surface area contributed by atoms with E-state index < -0.39 is 58.8 Å². The fourth-order valence-electron chi connectivity index (χ4n) is 3.53. The molecular weight excluding hydrogens is 480 g/mol. The van der Waals surface area contributed by atoms with Gasteiger partial charge in [-0.2, -0.15) is 0 Å². The summed E-state index contributed by atoms with van der Waals surface area (Å²) in [6, 6.07) is 9.18. The van der Waals surface area contributed by atoms with E-state index in [0.717, 1.165) is 26.5 Å². The fraction of sp³-hybridized carbons (Fsp3) is 0.259. The number of ether oxygens (including phenoxy) is 2. The number of aromatic nitrogens is 1. The lowest BCUT2D eigenvalue weighted by Gasteiger charge is -2.24. The van der Waals surface area contributed by atoms with Crippen LogP contribution in [0.5, 0.6) is 5.75 Å². The number of hydrogen-bond acceptors (Lipinski definition) is 6. The molecular formula is C27H30N2O6S. The van der Waals surface area contributed by atoms with Gasteiger partial charge in [-0.15, -0.1) is 0 Å². The van der Waals surface area contributed by atoms with Crippen LogP contribution in [0.4, 0.5) is 5.69 Å². The van der Waals surface area contributed by atoms with Crippen LogP contribution in [0.25, 0.3) is 23.3 Å². The third-order valence-corrected chi connectivity index (χ3v) is 5.67. The number of nitrogens with one attached hydrogen (secondary N) is 2. The number of sulfonamides is 1. The normalized spacial score (nSPS) is 16.7. The van der Waals surface area contributed by atoms with Crippen LogP contribution < -0.4 is 15.0 Å². The largest absolute Gasteiger partial charge is 0.496 e. The number of rotatable bonds is 7. The number of pyridine rings is 1. The maximum Gasteiger partial charge on any atom is 0.338 e. The summed E-state index contributed by atoms with van der Waals surface area (Å²) >= 11 is 0. The summed E-state index contributed by atoms with van der Waals surface area (Å²) in [6.45, 7) is -10.9. The van der Waals surface area contributed by atoms with Crippen LogP contribution in [-0.4, -0.2) is 39.8 Å². The van der Waals surface area contributed by atoms with E-state index in [9.17, 15) is 18.0 Å². The first kappa shape index (κ1) is 16.8. The minimum absolute atomic E-state index is 0.0182. The maximum absolute atomic E-state index is 12.8. The van der Waals surface area contributed by atoms with Crippen LogP contribution >= 0.6 is 0 Å². The molecule has 0 aliphatic rings. The number of methoxy groups -OCH3 is 2. The molecule has 0 spiro atoms. The van der Waals surface area contributed by atoms with Gasteiger partial charge >= 0.3 is 5.97 Å². The van der Waals surface area contributed by atoms with E-state index in [4.69, 9.17) is 21.8 Å². The smallest absolute Gasteiger partial charge is 0.338 e. The molecule has 3 rings (SSSR count). The molecule has 190 valence electrons. The zero-order valence-corrected chi connectivity index (χ0v) is 20.4. The average Bonchev–Trinajstić information content (AvgIpc) is 2.88.